The molecule has 0 fully saturated rings. The Balaban J connectivity index is 1.73. The van der Waals surface area contributed by atoms with Crippen LogP contribution < -0.4 is 10.1 Å². The summed E-state index contributed by atoms with van der Waals surface area (Å²) in [5, 5.41) is 3.25. The number of carbonyl (C=O) groups is 1. The molecule has 0 spiro atoms. The van der Waals surface area contributed by atoms with E-state index in [1.807, 2.05) is 30.3 Å². The van der Waals surface area contributed by atoms with Crippen molar-refractivity contribution >= 4 is 34.8 Å². The quantitative estimate of drug-likeness (QED) is 0.562. The normalized spacial score (nSPS) is 10.5. The van der Waals surface area contributed by atoms with Crippen molar-refractivity contribution in [2.75, 3.05) is 12.4 Å². The van der Waals surface area contributed by atoms with E-state index in [0.29, 0.717) is 30.2 Å². The van der Waals surface area contributed by atoms with Crippen LogP contribution in [0.25, 0.3) is 0 Å². The highest BCUT2D eigenvalue weighted by Gasteiger charge is 2.14. The van der Waals surface area contributed by atoms with Crippen molar-refractivity contribution in [3.8, 4) is 5.75 Å². The summed E-state index contributed by atoms with van der Waals surface area (Å²) in [5.74, 6) is 0.298. The van der Waals surface area contributed by atoms with Crippen LogP contribution in [-0.4, -0.2) is 18.0 Å². The monoisotopic (exact) mass is 416 g/mol. The van der Waals surface area contributed by atoms with E-state index in [0.717, 1.165) is 11.1 Å². The van der Waals surface area contributed by atoms with Crippen molar-refractivity contribution < 1.29 is 14.3 Å². The first-order valence-electron chi connectivity index (χ1n) is 8.47. The number of carbonyl (C=O) groups excluding carboxylic acids is 1. The smallest absolute Gasteiger partial charge is 0.255 e. The van der Waals surface area contributed by atoms with Crippen molar-refractivity contribution in [1.82, 2.24) is 4.98 Å². The van der Waals surface area contributed by atoms with Gasteiger partial charge >= 0.3 is 0 Å². The Labute approximate surface area is 173 Å². The van der Waals surface area contributed by atoms with Gasteiger partial charge < -0.3 is 14.8 Å². The highest BCUT2D eigenvalue weighted by atomic mass is 35.5. The molecule has 0 atom stereocenters. The van der Waals surface area contributed by atoms with E-state index < -0.39 is 0 Å². The molecule has 0 aliphatic heterocycles. The zero-order valence-corrected chi connectivity index (χ0v) is 16.6. The topological polar surface area (TPSA) is 60.5 Å². The van der Waals surface area contributed by atoms with Gasteiger partial charge in [-0.15, -0.1) is 0 Å². The van der Waals surface area contributed by atoms with Crippen LogP contribution in [0.2, 0.25) is 10.0 Å². The maximum Gasteiger partial charge on any atom is 0.255 e. The summed E-state index contributed by atoms with van der Waals surface area (Å²) in [6.07, 6.45) is 2.83. The summed E-state index contributed by atoms with van der Waals surface area (Å²) in [4.78, 5) is 16.5. The van der Waals surface area contributed by atoms with E-state index in [9.17, 15) is 4.79 Å². The molecular weight excluding hydrogens is 399 g/mol. The molecule has 0 aliphatic carbocycles. The number of aromatic nitrogens is 1. The van der Waals surface area contributed by atoms with E-state index in [2.05, 4.69) is 10.3 Å². The fourth-order valence-corrected chi connectivity index (χ4v) is 3.06. The lowest BCUT2D eigenvalue weighted by Gasteiger charge is -2.13. The van der Waals surface area contributed by atoms with E-state index in [-0.39, 0.29) is 16.0 Å². The van der Waals surface area contributed by atoms with Gasteiger partial charge in [0.05, 0.1) is 36.1 Å². The standard InChI is InChI=1S/C21H18Cl2N2O3/c1-27-19-8-7-15(21(26)25-20-17(22)10-24-11-18(20)23)9-16(19)13-28-12-14-5-3-2-4-6-14/h2-11H,12-13H2,1H3,(H,24,25,26). The zero-order chi connectivity index (χ0) is 19.9. The maximum atomic E-state index is 12.6. The Morgan fingerprint density at radius 2 is 1.75 bits per heavy atom. The van der Waals surface area contributed by atoms with Gasteiger partial charge in [0, 0.05) is 23.5 Å². The number of amides is 1. The molecule has 1 heterocycles. The summed E-state index contributed by atoms with van der Waals surface area (Å²) in [5.41, 5.74) is 2.58. The second-order valence-corrected chi connectivity index (χ2v) is 6.75. The van der Waals surface area contributed by atoms with Gasteiger partial charge in [0.15, 0.2) is 0 Å². The molecule has 28 heavy (non-hydrogen) atoms. The molecule has 5 nitrogen and oxygen atoms in total. The zero-order valence-electron chi connectivity index (χ0n) is 15.1. The number of nitrogens with one attached hydrogen (secondary N) is 1. The second-order valence-electron chi connectivity index (χ2n) is 5.94. The third-order valence-electron chi connectivity index (χ3n) is 4.00. The number of halogens is 2. The molecule has 1 N–H and O–H groups in total. The van der Waals surface area contributed by atoms with Crippen molar-refractivity contribution in [2.24, 2.45) is 0 Å². The summed E-state index contributed by atoms with van der Waals surface area (Å²) in [7, 11) is 1.58. The van der Waals surface area contributed by atoms with Gasteiger partial charge in [-0.05, 0) is 23.8 Å². The Hall–Kier alpha value is -2.60. The van der Waals surface area contributed by atoms with Gasteiger partial charge in [-0.3, -0.25) is 9.78 Å². The lowest BCUT2D eigenvalue weighted by Crippen LogP contribution is -2.13. The number of benzene rings is 2. The van der Waals surface area contributed by atoms with Crippen LogP contribution in [0.3, 0.4) is 0 Å². The molecule has 7 heteroatoms. The molecule has 1 aromatic heterocycles. The molecule has 0 radical (unpaired) electrons. The van der Waals surface area contributed by atoms with Gasteiger partial charge in [-0.25, -0.2) is 0 Å². The maximum absolute atomic E-state index is 12.6. The number of ether oxygens (including phenoxy) is 2. The van der Waals surface area contributed by atoms with E-state index >= 15 is 0 Å². The van der Waals surface area contributed by atoms with Crippen LogP contribution in [0.1, 0.15) is 21.5 Å². The fourth-order valence-electron chi connectivity index (χ4n) is 2.60. The fraction of sp³-hybridized carbons (Fsp3) is 0.143. The summed E-state index contributed by atoms with van der Waals surface area (Å²) >= 11 is 12.1. The highest BCUT2D eigenvalue weighted by molar-refractivity contribution is 6.39. The number of rotatable bonds is 7. The average molecular weight is 417 g/mol. The Morgan fingerprint density at radius 3 is 2.43 bits per heavy atom. The number of hydrogen-bond acceptors (Lipinski definition) is 4. The van der Waals surface area contributed by atoms with Crippen molar-refractivity contribution in [1.29, 1.82) is 0 Å². The van der Waals surface area contributed by atoms with Gasteiger partial charge in [-0.1, -0.05) is 53.5 Å². The van der Waals surface area contributed by atoms with E-state index in [1.54, 1.807) is 25.3 Å². The Kier molecular flexibility index (Phi) is 6.87. The van der Waals surface area contributed by atoms with Gasteiger partial charge in [0.2, 0.25) is 0 Å². The first kappa shape index (κ1) is 20.1. The molecule has 2 aromatic carbocycles. The number of pyridine rings is 1. The van der Waals surface area contributed by atoms with E-state index in [1.165, 1.54) is 12.4 Å². The minimum Gasteiger partial charge on any atom is -0.496 e. The Morgan fingerprint density at radius 1 is 1.04 bits per heavy atom. The van der Waals surface area contributed by atoms with Crippen LogP contribution in [0.4, 0.5) is 5.69 Å². The summed E-state index contributed by atoms with van der Waals surface area (Å²) < 4.78 is 11.2. The van der Waals surface area contributed by atoms with Crippen LogP contribution in [0.5, 0.6) is 5.75 Å². The molecule has 3 aromatic rings. The first-order chi connectivity index (χ1) is 13.6. The molecule has 0 unspecified atom stereocenters. The van der Waals surface area contributed by atoms with Crippen LogP contribution in [-0.2, 0) is 18.0 Å². The van der Waals surface area contributed by atoms with Gasteiger partial charge in [-0.2, -0.15) is 0 Å². The molecule has 0 saturated heterocycles. The molecule has 0 bridgehead atoms. The molecule has 144 valence electrons. The number of anilines is 1. The Bertz CT molecular complexity index is 945. The van der Waals surface area contributed by atoms with Crippen molar-refractivity contribution in [3.63, 3.8) is 0 Å². The summed E-state index contributed by atoms with van der Waals surface area (Å²) in [6.45, 7) is 0.763. The molecule has 0 aliphatic rings. The molecular formula is C21H18Cl2N2O3. The number of nitrogens with zero attached hydrogens (tertiary/aromatic N) is 1. The van der Waals surface area contributed by atoms with Crippen molar-refractivity contribution in [2.45, 2.75) is 13.2 Å². The number of hydrogen-bond donors (Lipinski definition) is 1. The third-order valence-corrected chi connectivity index (χ3v) is 4.58. The molecule has 3 rings (SSSR count). The average Bonchev–Trinajstić information content (AvgIpc) is 2.71. The van der Waals surface area contributed by atoms with E-state index in [4.69, 9.17) is 32.7 Å². The van der Waals surface area contributed by atoms with Crippen LogP contribution >= 0.6 is 23.2 Å². The first-order valence-corrected chi connectivity index (χ1v) is 9.23. The van der Waals surface area contributed by atoms with Gasteiger partial charge in [0.25, 0.3) is 5.91 Å². The van der Waals surface area contributed by atoms with Crippen molar-refractivity contribution in [3.05, 3.63) is 87.7 Å². The minimum absolute atomic E-state index is 0.265. The third kappa shape index (κ3) is 5.01. The largest absolute Gasteiger partial charge is 0.496 e. The lowest BCUT2D eigenvalue weighted by atomic mass is 10.1. The lowest BCUT2D eigenvalue weighted by molar-refractivity contribution is 0.102. The molecule has 1 amide bonds. The predicted molar refractivity (Wildman–Crippen MR) is 110 cm³/mol. The highest BCUT2D eigenvalue weighted by Crippen LogP contribution is 2.29. The summed E-state index contributed by atoms with van der Waals surface area (Å²) in [6, 6.07) is 15.0. The van der Waals surface area contributed by atoms with Crippen LogP contribution in [0, 0.1) is 0 Å². The van der Waals surface area contributed by atoms with Crippen LogP contribution in [0.15, 0.2) is 60.9 Å². The molecule has 0 saturated carbocycles. The number of methoxy groups -OCH3 is 1. The SMILES string of the molecule is COc1ccc(C(=O)Nc2c(Cl)cncc2Cl)cc1COCc1ccccc1. The van der Waals surface area contributed by atoms with Gasteiger partial charge in [0.1, 0.15) is 5.75 Å². The predicted octanol–water partition coefficient (Wildman–Crippen LogP) is 5.37. The minimum atomic E-state index is -0.345. The second kappa shape index (κ2) is 9.55.